The van der Waals surface area contributed by atoms with E-state index in [9.17, 15) is 0 Å². The summed E-state index contributed by atoms with van der Waals surface area (Å²) in [5.41, 5.74) is 8.23. The Balaban J connectivity index is 2.64. The zero-order chi connectivity index (χ0) is 12.5. The summed E-state index contributed by atoms with van der Waals surface area (Å²) in [6.45, 7) is 5.75. The van der Waals surface area contributed by atoms with E-state index in [1.807, 2.05) is 0 Å². The molecule has 1 aromatic carbocycles. The molecule has 0 bridgehead atoms. The van der Waals surface area contributed by atoms with E-state index in [1.165, 1.54) is 11.3 Å². The molecule has 0 amide bonds. The number of ether oxygens (including phenoxy) is 1. The van der Waals surface area contributed by atoms with Gasteiger partial charge in [-0.25, -0.2) is 0 Å². The van der Waals surface area contributed by atoms with Crippen molar-refractivity contribution in [3.8, 4) is 0 Å². The van der Waals surface area contributed by atoms with Crippen LogP contribution in [0.4, 0.5) is 5.69 Å². The average Bonchev–Trinajstić information content (AvgIpc) is 2.35. The Kier molecular flexibility index (Phi) is 6.67. The normalized spacial score (nSPS) is 10.5. The highest BCUT2D eigenvalue weighted by atomic mass is 16.5. The van der Waals surface area contributed by atoms with Crippen molar-refractivity contribution in [2.75, 3.05) is 38.3 Å². The summed E-state index contributed by atoms with van der Waals surface area (Å²) in [5.74, 6) is 0. The molecule has 0 radical (unpaired) electrons. The molecule has 0 aliphatic carbocycles. The van der Waals surface area contributed by atoms with Gasteiger partial charge in [-0.1, -0.05) is 18.2 Å². The Bertz CT molecular complexity index is 315. The lowest BCUT2D eigenvalue weighted by atomic mass is 10.1. The van der Waals surface area contributed by atoms with E-state index in [2.05, 4.69) is 36.1 Å². The molecule has 0 saturated heterocycles. The maximum absolute atomic E-state index is 5.60. The number of hydrogen-bond acceptors (Lipinski definition) is 3. The highest BCUT2D eigenvalue weighted by Gasteiger charge is 2.07. The summed E-state index contributed by atoms with van der Waals surface area (Å²) < 4.78 is 5.11. The van der Waals surface area contributed by atoms with E-state index >= 15 is 0 Å². The highest BCUT2D eigenvalue weighted by Crippen LogP contribution is 2.19. The molecule has 0 aliphatic heterocycles. The van der Waals surface area contributed by atoms with Crippen LogP contribution in [-0.2, 0) is 4.74 Å². The lowest BCUT2D eigenvalue weighted by Gasteiger charge is -2.26. The molecule has 0 unspecified atom stereocenters. The first-order valence-corrected chi connectivity index (χ1v) is 6.29. The molecule has 0 aliphatic rings. The van der Waals surface area contributed by atoms with Gasteiger partial charge in [0.1, 0.15) is 0 Å². The van der Waals surface area contributed by atoms with Gasteiger partial charge in [-0.15, -0.1) is 0 Å². The molecule has 0 heterocycles. The Hall–Kier alpha value is -1.06. The third-order valence-electron chi connectivity index (χ3n) is 2.86. The third kappa shape index (κ3) is 4.75. The van der Waals surface area contributed by atoms with Gasteiger partial charge in [-0.3, -0.25) is 0 Å². The topological polar surface area (TPSA) is 38.5 Å². The van der Waals surface area contributed by atoms with Crippen LogP contribution in [0.5, 0.6) is 0 Å². The SMILES string of the molecule is COCCCN(CCCN)c1ccccc1C. The van der Waals surface area contributed by atoms with Gasteiger partial charge in [-0.2, -0.15) is 0 Å². The largest absolute Gasteiger partial charge is 0.385 e. The maximum atomic E-state index is 5.60. The van der Waals surface area contributed by atoms with Crippen LogP contribution in [0.2, 0.25) is 0 Å². The summed E-state index contributed by atoms with van der Waals surface area (Å²) in [5, 5.41) is 0. The molecule has 0 saturated carbocycles. The van der Waals surface area contributed by atoms with E-state index in [0.29, 0.717) is 0 Å². The summed E-state index contributed by atoms with van der Waals surface area (Å²) in [7, 11) is 1.75. The van der Waals surface area contributed by atoms with E-state index in [4.69, 9.17) is 10.5 Å². The summed E-state index contributed by atoms with van der Waals surface area (Å²) in [6.07, 6.45) is 2.08. The molecule has 2 N–H and O–H groups in total. The Labute approximate surface area is 105 Å². The smallest absolute Gasteiger partial charge is 0.0479 e. The fourth-order valence-corrected chi connectivity index (χ4v) is 1.95. The first-order valence-electron chi connectivity index (χ1n) is 6.29. The molecular formula is C14H24N2O. The van der Waals surface area contributed by atoms with Crippen LogP contribution in [0.1, 0.15) is 18.4 Å². The fourth-order valence-electron chi connectivity index (χ4n) is 1.95. The molecule has 17 heavy (non-hydrogen) atoms. The second-order valence-electron chi connectivity index (χ2n) is 4.26. The minimum atomic E-state index is 0.743. The second kappa shape index (κ2) is 8.09. The average molecular weight is 236 g/mol. The monoisotopic (exact) mass is 236 g/mol. The molecule has 3 nitrogen and oxygen atoms in total. The first-order chi connectivity index (χ1) is 8.29. The van der Waals surface area contributed by atoms with Crippen molar-refractivity contribution in [1.29, 1.82) is 0 Å². The van der Waals surface area contributed by atoms with E-state index < -0.39 is 0 Å². The zero-order valence-electron chi connectivity index (χ0n) is 11.0. The molecule has 96 valence electrons. The van der Waals surface area contributed by atoms with E-state index in [1.54, 1.807) is 7.11 Å². The van der Waals surface area contributed by atoms with Gasteiger partial charge < -0.3 is 15.4 Å². The van der Waals surface area contributed by atoms with Crippen LogP contribution in [-0.4, -0.2) is 33.4 Å². The van der Waals surface area contributed by atoms with Crippen molar-refractivity contribution < 1.29 is 4.74 Å². The van der Waals surface area contributed by atoms with Gasteiger partial charge in [0, 0.05) is 32.5 Å². The second-order valence-corrected chi connectivity index (χ2v) is 4.26. The van der Waals surface area contributed by atoms with Crippen molar-refractivity contribution in [2.24, 2.45) is 5.73 Å². The predicted molar refractivity (Wildman–Crippen MR) is 73.6 cm³/mol. The molecule has 0 spiro atoms. The van der Waals surface area contributed by atoms with Crippen LogP contribution < -0.4 is 10.6 Å². The van der Waals surface area contributed by atoms with Gasteiger partial charge in [0.05, 0.1) is 0 Å². The minimum Gasteiger partial charge on any atom is -0.385 e. The van der Waals surface area contributed by atoms with Crippen molar-refractivity contribution in [1.82, 2.24) is 0 Å². The molecular weight excluding hydrogens is 212 g/mol. The fraction of sp³-hybridized carbons (Fsp3) is 0.571. The number of methoxy groups -OCH3 is 1. The maximum Gasteiger partial charge on any atom is 0.0479 e. The van der Waals surface area contributed by atoms with Gasteiger partial charge in [0.25, 0.3) is 0 Å². The van der Waals surface area contributed by atoms with Crippen LogP contribution >= 0.6 is 0 Å². The van der Waals surface area contributed by atoms with Gasteiger partial charge >= 0.3 is 0 Å². The quantitative estimate of drug-likeness (QED) is 0.703. The number of nitrogens with zero attached hydrogens (tertiary/aromatic N) is 1. The van der Waals surface area contributed by atoms with Crippen LogP contribution in [0.3, 0.4) is 0 Å². The number of aryl methyl sites for hydroxylation is 1. The Morgan fingerprint density at radius 2 is 1.88 bits per heavy atom. The molecule has 0 atom stereocenters. The van der Waals surface area contributed by atoms with Crippen LogP contribution in [0, 0.1) is 6.92 Å². The highest BCUT2D eigenvalue weighted by molar-refractivity contribution is 5.52. The standard InChI is InChI=1S/C14H24N2O/c1-13-7-3-4-8-14(13)16(10-5-9-15)11-6-12-17-2/h3-4,7-8H,5-6,9-12,15H2,1-2H3. The summed E-state index contributed by atoms with van der Waals surface area (Å²) in [4.78, 5) is 2.40. The number of rotatable bonds is 8. The number of anilines is 1. The molecule has 0 fully saturated rings. The summed E-state index contributed by atoms with van der Waals surface area (Å²) >= 11 is 0. The van der Waals surface area contributed by atoms with Crippen LogP contribution in [0.25, 0.3) is 0 Å². The number of para-hydroxylation sites is 1. The predicted octanol–water partition coefficient (Wildman–Crippen LogP) is 2.19. The Morgan fingerprint density at radius 1 is 1.18 bits per heavy atom. The van der Waals surface area contributed by atoms with Crippen molar-refractivity contribution in [2.45, 2.75) is 19.8 Å². The first kappa shape index (κ1) is 14.0. The van der Waals surface area contributed by atoms with Crippen LogP contribution in [0.15, 0.2) is 24.3 Å². The summed E-state index contributed by atoms with van der Waals surface area (Å²) in [6, 6.07) is 8.50. The minimum absolute atomic E-state index is 0.743. The lowest BCUT2D eigenvalue weighted by Crippen LogP contribution is -2.28. The van der Waals surface area contributed by atoms with Gasteiger partial charge in [0.15, 0.2) is 0 Å². The van der Waals surface area contributed by atoms with E-state index in [0.717, 1.165) is 39.1 Å². The van der Waals surface area contributed by atoms with Gasteiger partial charge in [-0.05, 0) is 37.9 Å². The number of nitrogens with two attached hydrogens (primary N) is 1. The molecule has 1 rings (SSSR count). The molecule has 3 heteroatoms. The van der Waals surface area contributed by atoms with Crippen molar-refractivity contribution in [3.05, 3.63) is 29.8 Å². The third-order valence-corrected chi connectivity index (χ3v) is 2.86. The number of hydrogen-bond donors (Lipinski definition) is 1. The Morgan fingerprint density at radius 3 is 2.53 bits per heavy atom. The molecule has 1 aromatic rings. The zero-order valence-corrected chi connectivity index (χ0v) is 11.0. The van der Waals surface area contributed by atoms with Gasteiger partial charge in [0.2, 0.25) is 0 Å². The lowest BCUT2D eigenvalue weighted by molar-refractivity contribution is 0.196. The molecule has 0 aromatic heterocycles. The van der Waals surface area contributed by atoms with E-state index in [-0.39, 0.29) is 0 Å². The van der Waals surface area contributed by atoms with Crippen molar-refractivity contribution in [3.63, 3.8) is 0 Å². The number of benzene rings is 1. The van der Waals surface area contributed by atoms with Crippen molar-refractivity contribution >= 4 is 5.69 Å².